The maximum Gasteiger partial charge on any atom is 0.407 e. The van der Waals surface area contributed by atoms with Crippen LogP contribution >= 0.6 is 0 Å². The summed E-state index contributed by atoms with van der Waals surface area (Å²) in [6.45, 7) is 20.2. The van der Waals surface area contributed by atoms with Gasteiger partial charge >= 0.3 is 6.09 Å². The number of nitriles is 1. The third-order valence-corrected chi connectivity index (χ3v) is 10.5. The second kappa shape index (κ2) is 17.7. The normalized spacial score (nSPS) is 23.4. The molecule has 9 N–H and O–H groups in total. The number of hydrogen-bond donors (Lipinski definition) is 7. The van der Waals surface area contributed by atoms with Crippen LogP contribution in [0.2, 0.25) is 0 Å². The molecule has 4 aliphatic heterocycles. The molecule has 1 aromatic carbocycles. The van der Waals surface area contributed by atoms with Crippen LogP contribution in [-0.4, -0.2) is 108 Å². The molecule has 1 aromatic rings. The van der Waals surface area contributed by atoms with E-state index in [1.807, 2.05) is 43.5 Å². The van der Waals surface area contributed by atoms with E-state index in [0.717, 1.165) is 36.9 Å². The molecule has 1 saturated heterocycles. The van der Waals surface area contributed by atoms with Crippen LogP contribution in [0.4, 0.5) is 10.5 Å². The Morgan fingerprint density at radius 1 is 1.12 bits per heavy atom. The van der Waals surface area contributed by atoms with Gasteiger partial charge in [0.25, 0.3) is 5.70 Å². The summed E-state index contributed by atoms with van der Waals surface area (Å²) in [5.41, 5.74) is 12.1. The number of allylic oxidation sites excluding steroid dienone is 1. The van der Waals surface area contributed by atoms with Crippen LogP contribution in [0.15, 0.2) is 63.1 Å². The van der Waals surface area contributed by atoms with Crippen molar-refractivity contribution >= 4 is 35.7 Å². The zero-order valence-electron chi connectivity index (χ0n) is 32.4. The fourth-order valence-electron chi connectivity index (χ4n) is 7.45. The predicted molar refractivity (Wildman–Crippen MR) is 212 cm³/mol. The van der Waals surface area contributed by atoms with Gasteiger partial charge in [-0.15, -0.1) is 0 Å². The summed E-state index contributed by atoms with van der Waals surface area (Å²) < 4.78 is 11.2. The third kappa shape index (κ3) is 9.07. The lowest BCUT2D eigenvalue weighted by Crippen LogP contribution is -2.76. The summed E-state index contributed by atoms with van der Waals surface area (Å²) in [6, 6.07) is 8.09. The summed E-state index contributed by atoms with van der Waals surface area (Å²) in [7, 11) is 1.97. The minimum absolute atomic E-state index is 0.00228. The lowest BCUT2D eigenvalue weighted by Gasteiger charge is -2.48. The number of anilines is 1. The minimum atomic E-state index is -2.17. The van der Waals surface area contributed by atoms with Crippen LogP contribution in [0.25, 0.3) is 15.8 Å². The number of nitrogens with one attached hydrogen (secondary N) is 3. The molecule has 18 heteroatoms. The second-order valence-electron chi connectivity index (χ2n) is 14.8. The van der Waals surface area contributed by atoms with Gasteiger partial charge in [-0.1, -0.05) is 37.1 Å². The predicted octanol–water partition coefficient (Wildman–Crippen LogP) is 2.02. The van der Waals surface area contributed by atoms with E-state index < -0.39 is 35.2 Å². The number of guanidine groups is 2. The average Bonchev–Trinajstić information content (AvgIpc) is 3.77. The van der Waals surface area contributed by atoms with Crippen LogP contribution < -0.4 is 32.3 Å². The molecule has 1 unspecified atom stereocenters. The fourth-order valence-corrected chi connectivity index (χ4v) is 7.45. The molecular formula is C39H50N12O6. The number of unbranched alkanes of at least 4 members (excludes halogenated alkanes) is 3. The lowest BCUT2D eigenvalue weighted by molar-refractivity contribution is -0.221. The molecule has 0 aromatic heterocycles. The molecule has 0 saturated carbocycles. The van der Waals surface area contributed by atoms with Gasteiger partial charge in [-0.2, -0.15) is 0 Å². The number of alkyl carbamates (subject to hydrolysis) is 1. The Bertz CT molecular complexity index is 1970. The SMILES string of the molecule is [C-]#[N+]C1=C(/C=C/c2ccc(N(C)CCCC(=O)NCCCCCCNC(=O)OCC3N=C(N)N4CCC(O)(O)[C@@]45NC(N)=N[C@@H]35)cc2)C(C)(C)O/C1=C(\C#N)[N+]#[C-]. The second-order valence-corrected chi connectivity index (χ2v) is 14.8. The quantitative estimate of drug-likeness (QED) is 0.0551. The third-order valence-electron chi connectivity index (χ3n) is 10.5. The number of ether oxygens (including phenoxy) is 2. The van der Waals surface area contributed by atoms with Crippen molar-refractivity contribution in [3.8, 4) is 6.07 Å². The van der Waals surface area contributed by atoms with Gasteiger partial charge in [0.2, 0.25) is 17.4 Å². The first-order chi connectivity index (χ1) is 27.2. The molecule has 0 bridgehead atoms. The standard InChI is InChI=1S/C39H50N12O6/c1-37(2)27(31(44-4)32(57-37)28(23-40)43-3)17-14-25-12-15-26(16-13-25)50(5)21-10-11-30(52)45-19-8-6-7-9-20-46-36(53)56-24-29-33-39(49-34(41)48-33)38(54,55)18-22-51(39)35(42)47-29/h12-17,29,33,54-55H,6-11,18-22,24H2,1-2,5H3,(H2,42,47)(H,45,52)(H,46,53)(H3,41,48,49)/b17-14+,32-28+/t29?,33-,39-/m0/s1. The highest BCUT2D eigenvalue weighted by atomic mass is 16.5. The Morgan fingerprint density at radius 3 is 2.49 bits per heavy atom. The van der Waals surface area contributed by atoms with Crippen molar-refractivity contribution in [2.24, 2.45) is 21.5 Å². The van der Waals surface area contributed by atoms with Crippen LogP contribution in [0.1, 0.15) is 64.4 Å². The average molecular weight is 783 g/mol. The van der Waals surface area contributed by atoms with Crippen molar-refractivity contribution in [3.63, 3.8) is 0 Å². The fraction of sp³-hybridized carbons (Fsp3) is 0.513. The van der Waals surface area contributed by atoms with Gasteiger partial charge in [0.05, 0.1) is 19.2 Å². The number of carbonyl (C=O) groups is 2. The summed E-state index contributed by atoms with van der Waals surface area (Å²) >= 11 is 0. The Morgan fingerprint density at radius 2 is 1.82 bits per heavy atom. The van der Waals surface area contributed by atoms with Crippen molar-refractivity contribution in [1.82, 2.24) is 20.9 Å². The highest BCUT2D eigenvalue weighted by molar-refractivity contribution is 5.87. The lowest BCUT2D eigenvalue weighted by atomic mass is 9.87. The van der Waals surface area contributed by atoms with Crippen LogP contribution in [0.5, 0.6) is 0 Å². The van der Waals surface area contributed by atoms with Gasteiger partial charge in [0.15, 0.2) is 17.6 Å². The molecule has 18 nitrogen and oxygen atoms in total. The number of carbonyl (C=O) groups excluding carboxylic acids is 2. The Hall–Kier alpha value is -6.29. The van der Waals surface area contributed by atoms with E-state index in [4.69, 9.17) is 34.1 Å². The minimum Gasteiger partial charge on any atom is -0.505 e. The molecule has 3 atom stereocenters. The molecule has 4 aliphatic rings. The van der Waals surface area contributed by atoms with Gasteiger partial charge in [0, 0.05) is 57.3 Å². The summed E-state index contributed by atoms with van der Waals surface area (Å²) in [4.78, 5) is 43.9. The molecular weight excluding hydrogens is 733 g/mol. The van der Waals surface area contributed by atoms with Crippen LogP contribution in [0, 0.1) is 24.5 Å². The van der Waals surface area contributed by atoms with Gasteiger partial charge < -0.3 is 56.9 Å². The smallest absolute Gasteiger partial charge is 0.407 e. The van der Waals surface area contributed by atoms with E-state index in [1.165, 1.54) is 4.90 Å². The van der Waals surface area contributed by atoms with E-state index in [2.05, 4.69) is 40.5 Å². The summed E-state index contributed by atoms with van der Waals surface area (Å²) in [6.07, 6.45) is 7.40. The van der Waals surface area contributed by atoms with Gasteiger partial charge in [-0.3, -0.25) is 4.79 Å². The van der Waals surface area contributed by atoms with Crippen molar-refractivity contribution in [1.29, 1.82) is 5.26 Å². The van der Waals surface area contributed by atoms with Crippen LogP contribution in [0.3, 0.4) is 0 Å². The topological polar surface area (TPSA) is 245 Å². The molecule has 1 fully saturated rings. The van der Waals surface area contributed by atoms with E-state index >= 15 is 0 Å². The number of amides is 2. The molecule has 302 valence electrons. The maximum absolute atomic E-state index is 12.4. The number of hydrogen-bond acceptors (Lipinski definition) is 14. The monoisotopic (exact) mass is 782 g/mol. The molecule has 0 radical (unpaired) electrons. The van der Waals surface area contributed by atoms with E-state index in [-0.39, 0.29) is 54.6 Å². The van der Waals surface area contributed by atoms with E-state index in [9.17, 15) is 25.1 Å². The molecule has 0 aliphatic carbocycles. The van der Waals surface area contributed by atoms with Gasteiger partial charge in [0.1, 0.15) is 30.1 Å². The van der Waals surface area contributed by atoms with E-state index in [1.54, 1.807) is 19.9 Å². The number of nitrogens with zero attached hydrogens (tertiary/aromatic N) is 7. The number of benzene rings is 1. The molecule has 57 heavy (non-hydrogen) atoms. The highest BCUT2D eigenvalue weighted by Crippen LogP contribution is 2.45. The van der Waals surface area contributed by atoms with Gasteiger partial charge in [-0.25, -0.2) is 29.7 Å². The Balaban J connectivity index is 0.930. The maximum atomic E-state index is 12.4. The van der Waals surface area contributed by atoms with Crippen molar-refractivity contribution in [3.05, 3.63) is 81.5 Å². The number of aliphatic imine (C=N–C) groups is 2. The highest BCUT2D eigenvalue weighted by Gasteiger charge is 2.69. The zero-order valence-corrected chi connectivity index (χ0v) is 32.4. The molecule has 1 spiro atoms. The Labute approximate surface area is 332 Å². The largest absolute Gasteiger partial charge is 0.505 e. The van der Waals surface area contributed by atoms with Crippen molar-refractivity contribution < 1.29 is 29.3 Å². The molecule has 2 amide bonds. The summed E-state index contributed by atoms with van der Waals surface area (Å²) in [5.74, 6) is -2.05. The number of nitrogens with two attached hydrogens (primary N) is 2. The van der Waals surface area contributed by atoms with E-state index in [0.29, 0.717) is 38.0 Å². The van der Waals surface area contributed by atoms with Gasteiger partial charge in [-0.05, 0) is 50.8 Å². The number of aliphatic hydroxyl groups is 2. The molecule has 4 heterocycles. The van der Waals surface area contributed by atoms with Crippen molar-refractivity contribution in [2.75, 3.05) is 44.7 Å². The first kappa shape index (κ1) is 41.9. The van der Waals surface area contributed by atoms with Crippen LogP contribution in [-0.2, 0) is 14.3 Å². The first-order valence-electron chi connectivity index (χ1n) is 18.8. The Kier molecular flexibility index (Phi) is 13.0. The molecule has 5 rings (SSSR count). The van der Waals surface area contributed by atoms with Crippen molar-refractivity contribution in [2.45, 2.75) is 87.9 Å². The zero-order chi connectivity index (χ0) is 41.4. The summed E-state index contributed by atoms with van der Waals surface area (Å²) in [5, 5.41) is 39.3. The number of rotatable bonds is 16. The first-order valence-corrected chi connectivity index (χ1v) is 18.8.